The number of ether oxygens (including phenoxy) is 2. The first-order valence-electron chi connectivity index (χ1n) is 13.3. The molecule has 1 aliphatic carbocycles. The van der Waals surface area contributed by atoms with Gasteiger partial charge in [-0.1, -0.05) is 36.6 Å². The van der Waals surface area contributed by atoms with Gasteiger partial charge in [-0.15, -0.1) is 0 Å². The number of nitrogens with one attached hydrogen (secondary N) is 3. The first-order valence-corrected chi connectivity index (χ1v) is 16.2. The highest BCUT2D eigenvalue weighted by molar-refractivity contribution is 14.1. The van der Waals surface area contributed by atoms with Crippen LogP contribution in [0.25, 0.3) is 0 Å². The zero-order chi connectivity index (χ0) is 28.1. The lowest BCUT2D eigenvalue weighted by atomic mass is 10.2. The van der Waals surface area contributed by atoms with Crippen LogP contribution in [0.2, 0.25) is 5.02 Å². The minimum Gasteiger partial charge on any atom is -0.492 e. The third-order valence-electron chi connectivity index (χ3n) is 6.75. The van der Waals surface area contributed by atoms with Crippen molar-refractivity contribution in [3.8, 4) is 11.5 Å². The SMILES string of the molecule is CCOc1cc(O[C@@H]2CCN(I)C2)ccc1Nc1ncc(Cl)c(Nc2ccccc2S(=O)(=O)NC2CCCC2)n1. The Hall–Kier alpha value is -2.39. The highest BCUT2D eigenvalue weighted by Gasteiger charge is 2.26. The van der Waals surface area contributed by atoms with Gasteiger partial charge in [0.1, 0.15) is 27.5 Å². The summed E-state index contributed by atoms with van der Waals surface area (Å²) >= 11 is 8.73. The van der Waals surface area contributed by atoms with Crippen LogP contribution in [0.1, 0.15) is 39.0 Å². The van der Waals surface area contributed by atoms with Gasteiger partial charge in [0.15, 0.2) is 5.82 Å². The van der Waals surface area contributed by atoms with Crippen LogP contribution in [0.5, 0.6) is 11.5 Å². The number of para-hydroxylation sites is 1. The van der Waals surface area contributed by atoms with Gasteiger partial charge in [0, 0.05) is 48.1 Å². The van der Waals surface area contributed by atoms with Crippen molar-refractivity contribution in [2.75, 3.05) is 30.3 Å². The van der Waals surface area contributed by atoms with Crippen LogP contribution in [-0.2, 0) is 10.0 Å². The molecule has 0 spiro atoms. The molecular weight excluding hydrogens is 667 g/mol. The molecule has 2 aromatic carbocycles. The van der Waals surface area contributed by atoms with E-state index >= 15 is 0 Å². The second kappa shape index (κ2) is 13.1. The molecule has 2 fully saturated rings. The van der Waals surface area contributed by atoms with Crippen LogP contribution in [0.4, 0.5) is 23.1 Å². The Bertz CT molecular complexity index is 1440. The summed E-state index contributed by atoms with van der Waals surface area (Å²) in [6, 6.07) is 12.2. The summed E-state index contributed by atoms with van der Waals surface area (Å²) in [5, 5.41) is 6.53. The molecule has 1 aliphatic heterocycles. The van der Waals surface area contributed by atoms with Crippen LogP contribution < -0.4 is 24.8 Å². The molecule has 2 aliphatic rings. The van der Waals surface area contributed by atoms with Gasteiger partial charge in [-0.3, -0.25) is 0 Å². The fourth-order valence-corrected chi connectivity index (χ4v) is 7.15. The second-order valence-electron chi connectivity index (χ2n) is 9.73. The number of aromatic nitrogens is 2. The van der Waals surface area contributed by atoms with E-state index in [0.717, 1.165) is 50.9 Å². The number of benzene rings is 2. The molecular formula is C27H32ClIN6O4S. The maximum atomic E-state index is 13.2. The van der Waals surface area contributed by atoms with Gasteiger partial charge in [0.2, 0.25) is 16.0 Å². The van der Waals surface area contributed by atoms with Gasteiger partial charge in [0.05, 0.1) is 24.2 Å². The molecule has 2 heterocycles. The molecule has 5 rings (SSSR count). The van der Waals surface area contributed by atoms with E-state index in [1.165, 1.54) is 6.20 Å². The highest BCUT2D eigenvalue weighted by atomic mass is 127. The molecule has 214 valence electrons. The lowest BCUT2D eigenvalue weighted by Gasteiger charge is -2.18. The Morgan fingerprint density at radius 2 is 1.90 bits per heavy atom. The first kappa shape index (κ1) is 29.1. The van der Waals surface area contributed by atoms with Crippen LogP contribution in [0.15, 0.2) is 53.6 Å². The molecule has 10 nitrogen and oxygen atoms in total. The first-order chi connectivity index (χ1) is 19.3. The van der Waals surface area contributed by atoms with Gasteiger partial charge in [0.25, 0.3) is 0 Å². The Morgan fingerprint density at radius 1 is 1.10 bits per heavy atom. The molecule has 1 saturated heterocycles. The topological polar surface area (TPSA) is 118 Å². The lowest BCUT2D eigenvalue weighted by molar-refractivity contribution is 0.217. The van der Waals surface area contributed by atoms with Crippen molar-refractivity contribution in [3.05, 3.63) is 53.7 Å². The zero-order valence-electron chi connectivity index (χ0n) is 22.1. The number of anilines is 4. The third-order valence-corrected chi connectivity index (χ3v) is 9.48. The fourth-order valence-electron chi connectivity index (χ4n) is 4.82. The summed E-state index contributed by atoms with van der Waals surface area (Å²) in [4.78, 5) is 8.98. The molecule has 1 aromatic heterocycles. The number of rotatable bonds is 11. The lowest BCUT2D eigenvalue weighted by Crippen LogP contribution is -2.33. The predicted octanol–water partition coefficient (Wildman–Crippen LogP) is 6.04. The van der Waals surface area contributed by atoms with E-state index in [1.54, 1.807) is 24.3 Å². The Balaban J connectivity index is 1.35. The molecule has 1 saturated carbocycles. The summed E-state index contributed by atoms with van der Waals surface area (Å²) in [6.45, 7) is 4.26. The summed E-state index contributed by atoms with van der Waals surface area (Å²) in [7, 11) is -3.74. The van der Waals surface area contributed by atoms with Crippen LogP contribution in [-0.4, -0.2) is 53.3 Å². The largest absolute Gasteiger partial charge is 0.492 e. The van der Waals surface area contributed by atoms with E-state index in [4.69, 9.17) is 21.1 Å². The minimum absolute atomic E-state index is 0.0491. The molecule has 0 unspecified atom stereocenters. The van der Waals surface area contributed by atoms with Gasteiger partial charge >= 0.3 is 0 Å². The molecule has 1 atom stereocenters. The van der Waals surface area contributed by atoms with Crippen molar-refractivity contribution >= 4 is 67.6 Å². The average molecular weight is 699 g/mol. The highest BCUT2D eigenvalue weighted by Crippen LogP contribution is 2.34. The summed E-state index contributed by atoms with van der Waals surface area (Å²) < 4.78 is 43.4. The van der Waals surface area contributed by atoms with Crippen LogP contribution in [0.3, 0.4) is 0 Å². The standard InChI is InChI=1S/C27H32ClIN6O4S/c1-2-38-24-15-19(39-20-13-14-35(29)17-20)11-12-22(24)32-27-30-16-21(28)26(33-27)31-23-9-5-6-10-25(23)40(36,37)34-18-7-3-4-8-18/h5-6,9-12,15-16,18,20,34H,2-4,7-8,13-14,17H2,1H3,(H2,30,31,32,33)/t20-/m1/s1. The summed E-state index contributed by atoms with van der Waals surface area (Å²) in [5.41, 5.74) is 1.03. The molecule has 0 amide bonds. The average Bonchev–Trinajstić information content (AvgIpc) is 3.59. The van der Waals surface area contributed by atoms with Crippen molar-refractivity contribution in [1.29, 1.82) is 0 Å². The van der Waals surface area contributed by atoms with Gasteiger partial charge < -0.3 is 20.1 Å². The number of nitrogens with zero attached hydrogens (tertiary/aromatic N) is 3. The normalized spacial score (nSPS) is 18.1. The van der Waals surface area contributed by atoms with Crippen molar-refractivity contribution < 1.29 is 17.9 Å². The van der Waals surface area contributed by atoms with E-state index in [1.807, 2.05) is 25.1 Å². The van der Waals surface area contributed by atoms with Crippen molar-refractivity contribution in [3.63, 3.8) is 0 Å². The minimum atomic E-state index is -3.74. The molecule has 0 radical (unpaired) electrons. The Morgan fingerprint density at radius 3 is 2.65 bits per heavy atom. The van der Waals surface area contributed by atoms with E-state index in [9.17, 15) is 8.42 Å². The van der Waals surface area contributed by atoms with Crippen LogP contribution in [0, 0.1) is 0 Å². The fraction of sp³-hybridized carbons (Fsp3) is 0.407. The molecule has 0 bridgehead atoms. The van der Waals surface area contributed by atoms with E-state index in [0.29, 0.717) is 23.7 Å². The molecule has 40 heavy (non-hydrogen) atoms. The smallest absolute Gasteiger partial charge is 0.242 e. The zero-order valence-corrected chi connectivity index (χ0v) is 25.8. The molecule has 13 heteroatoms. The van der Waals surface area contributed by atoms with Gasteiger partial charge in [-0.25, -0.2) is 21.2 Å². The number of sulfonamides is 1. The maximum Gasteiger partial charge on any atom is 0.242 e. The van der Waals surface area contributed by atoms with Crippen molar-refractivity contribution in [2.45, 2.75) is 56.1 Å². The molecule has 3 N–H and O–H groups in total. The molecule has 3 aromatic rings. The van der Waals surface area contributed by atoms with Gasteiger partial charge in [-0.05, 0) is 50.5 Å². The Kier molecular flexibility index (Phi) is 9.51. The number of hydrogen-bond acceptors (Lipinski definition) is 9. The maximum absolute atomic E-state index is 13.2. The van der Waals surface area contributed by atoms with E-state index < -0.39 is 10.0 Å². The number of halogens is 2. The summed E-state index contributed by atoms with van der Waals surface area (Å²) in [6.07, 6.45) is 6.31. The summed E-state index contributed by atoms with van der Waals surface area (Å²) in [5.74, 6) is 1.87. The van der Waals surface area contributed by atoms with Crippen molar-refractivity contribution in [2.24, 2.45) is 0 Å². The Labute approximate surface area is 253 Å². The quantitative estimate of drug-likeness (QED) is 0.163. The van der Waals surface area contributed by atoms with Crippen LogP contribution >= 0.6 is 34.5 Å². The van der Waals surface area contributed by atoms with E-state index in [2.05, 4.69) is 51.3 Å². The van der Waals surface area contributed by atoms with Gasteiger partial charge in [-0.2, -0.15) is 4.98 Å². The number of hydrogen-bond donors (Lipinski definition) is 3. The van der Waals surface area contributed by atoms with E-state index in [-0.39, 0.29) is 33.8 Å². The third kappa shape index (κ3) is 7.27. The van der Waals surface area contributed by atoms with Crippen molar-refractivity contribution in [1.82, 2.24) is 17.8 Å². The monoisotopic (exact) mass is 698 g/mol. The second-order valence-corrected chi connectivity index (χ2v) is 13.2. The predicted molar refractivity (Wildman–Crippen MR) is 165 cm³/mol.